The number of carboxylic acid groups (broad SMARTS) is 1. The third kappa shape index (κ3) is 3.51. The predicted octanol–water partition coefficient (Wildman–Crippen LogP) is 0.467. The number of nitro benzene ring substituents is 1. The number of amides is 1. The molecule has 2 unspecified atom stereocenters. The lowest BCUT2D eigenvalue weighted by Gasteiger charge is -2.17. The van der Waals surface area contributed by atoms with Gasteiger partial charge in [-0.1, -0.05) is 6.07 Å². The lowest BCUT2D eigenvalue weighted by molar-refractivity contribution is -0.385. The maximum atomic E-state index is 12.0. The highest BCUT2D eigenvalue weighted by atomic mass is 16.6. The van der Waals surface area contributed by atoms with E-state index in [1.54, 1.807) is 6.92 Å². The smallest absolute Gasteiger partial charge is 0.328 e. The fourth-order valence-corrected chi connectivity index (χ4v) is 1.60. The van der Waals surface area contributed by atoms with E-state index in [4.69, 9.17) is 5.11 Å². The molecular weight excluding hydrogens is 268 g/mol. The zero-order valence-electron chi connectivity index (χ0n) is 10.9. The number of nitro groups is 1. The number of nitrogens with one attached hydrogen (secondary N) is 1. The number of rotatable bonds is 5. The van der Waals surface area contributed by atoms with Gasteiger partial charge in [0.1, 0.15) is 5.56 Å². The van der Waals surface area contributed by atoms with E-state index in [9.17, 15) is 24.8 Å². The predicted molar refractivity (Wildman–Crippen MR) is 68.4 cm³/mol. The molecule has 2 atom stereocenters. The first kappa shape index (κ1) is 15.6. The summed E-state index contributed by atoms with van der Waals surface area (Å²) in [7, 11) is 0. The zero-order chi connectivity index (χ0) is 15.4. The second-order valence-corrected chi connectivity index (χ2v) is 4.31. The van der Waals surface area contributed by atoms with Crippen molar-refractivity contribution in [2.45, 2.75) is 26.0 Å². The number of nitrogens with zero attached hydrogens (tertiary/aromatic N) is 1. The van der Waals surface area contributed by atoms with E-state index in [1.807, 2.05) is 0 Å². The SMILES string of the molecule is Cc1ccc([N+](=O)[O-])c(C(=O)NC(C(=O)O)C(C)O)c1. The van der Waals surface area contributed by atoms with Crippen LogP contribution in [0.25, 0.3) is 0 Å². The minimum atomic E-state index is -1.54. The van der Waals surface area contributed by atoms with Crippen LogP contribution in [0.2, 0.25) is 0 Å². The summed E-state index contributed by atoms with van der Waals surface area (Å²) in [6.07, 6.45) is -1.33. The van der Waals surface area contributed by atoms with Crippen LogP contribution in [0.15, 0.2) is 18.2 Å². The number of aryl methyl sites for hydroxylation is 1. The third-order valence-electron chi connectivity index (χ3n) is 2.63. The van der Waals surface area contributed by atoms with Crippen LogP contribution >= 0.6 is 0 Å². The summed E-state index contributed by atoms with van der Waals surface area (Å²) < 4.78 is 0. The highest BCUT2D eigenvalue weighted by Gasteiger charge is 2.28. The van der Waals surface area contributed by atoms with Crippen LogP contribution in [0.5, 0.6) is 0 Å². The molecule has 8 heteroatoms. The quantitative estimate of drug-likeness (QED) is 0.531. The van der Waals surface area contributed by atoms with Crippen molar-refractivity contribution in [2.75, 3.05) is 0 Å². The highest BCUT2D eigenvalue weighted by molar-refractivity contribution is 6.00. The van der Waals surface area contributed by atoms with Gasteiger partial charge in [-0.15, -0.1) is 0 Å². The number of carboxylic acids is 1. The van der Waals surface area contributed by atoms with Gasteiger partial charge in [0, 0.05) is 6.07 Å². The summed E-state index contributed by atoms with van der Waals surface area (Å²) in [6, 6.07) is 2.39. The van der Waals surface area contributed by atoms with E-state index in [0.717, 1.165) is 0 Å². The maximum Gasteiger partial charge on any atom is 0.328 e. The Labute approximate surface area is 114 Å². The second-order valence-electron chi connectivity index (χ2n) is 4.31. The molecule has 1 rings (SSSR count). The molecule has 0 spiro atoms. The molecule has 3 N–H and O–H groups in total. The summed E-state index contributed by atoms with van der Waals surface area (Å²) in [6.45, 7) is 2.84. The molecule has 0 aromatic heterocycles. The number of aliphatic hydroxyl groups is 1. The van der Waals surface area contributed by atoms with Crippen LogP contribution in [0.3, 0.4) is 0 Å². The Hall–Kier alpha value is -2.48. The Kier molecular flexibility index (Phi) is 4.76. The van der Waals surface area contributed by atoms with Crippen molar-refractivity contribution in [1.29, 1.82) is 0 Å². The molecule has 108 valence electrons. The molecule has 0 aliphatic rings. The van der Waals surface area contributed by atoms with Gasteiger partial charge in [-0.2, -0.15) is 0 Å². The van der Waals surface area contributed by atoms with Crippen LogP contribution in [0.4, 0.5) is 5.69 Å². The Morgan fingerprint density at radius 1 is 1.40 bits per heavy atom. The van der Waals surface area contributed by atoms with E-state index in [0.29, 0.717) is 5.56 Å². The van der Waals surface area contributed by atoms with Gasteiger partial charge in [-0.05, 0) is 25.5 Å². The van der Waals surface area contributed by atoms with Gasteiger partial charge in [-0.3, -0.25) is 14.9 Å². The Morgan fingerprint density at radius 2 is 2.00 bits per heavy atom. The standard InChI is InChI=1S/C12H14N2O6/c1-6-3-4-9(14(19)20)8(5-6)11(16)13-10(7(2)15)12(17)18/h3-5,7,10,15H,1-2H3,(H,13,16)(H,17,18). The second kappa shape index (κ2) is 6.11. The molecule has 1 amide bonds. The fraction of sp³-hybridized carbons (Fsp3) is 0.333. The minimum absolute atomic E-state index is 0.248. The van der Waals surface area contributed by atoms with Crippen molar-refractivity contribution in [2.24, 2.45) is 0 Å². The fourth-order valence-electron chi connectivity index (χ4n) is 1.60. The number of carbonyl (C=O) groups excluding carboxylic acids is 1. The van der Waals surface area contributed by atoms with Crippen molar-refractivity contribution < 1.29 is 24.7 Å². The first-order valence-electron chi connectivity index (χ1n) is 5.70. The maximum absolute atomic E-state index is 12.0. The third-order valence-corrected chi connectivity index (χ3v) is 2.63. The van der Waals surface area contributed by atoms with Crippen LogP contribution in [-0.4, -0.2) is 39.2 Å². The summed E-state index contributed by atoms with van der Waals surface area (Å²) in [5.41, 5.74) is -0.0607. The molecule has 1 aromatic carbocycles. The van der Waals surface area contributed by atoms with Crippen LogP contribution in [0.1, 0.15) is 22.8 Å². The average Bonchev–Trinajstić information content (AvgIpc) is 2.34. The molecule has 20 heavy (non-hydrogen) atoms. The number of aliphatic hydroxyl groups excluding tert-OH is 1. The number of aliphatic carboxylic acids is 1. The normalized spacial score (nSPS) is 13.3. The summed E-state index contributed by atoms with van der Waals surface area (Å²) >= 11 is 0. The summed E-state index contributed by atoms with van der Waals surface area (Å²) in [5.74, 6) is -2.35. The summed E-state index contributed by atoms with van der Waals surface area (Å²) in [4.78, 5) is 33.0. The van der Waals surface area contributed by atoms with E-state index < -0.39 is 34.6 Å². The lowest BCUT2D eigenvalue weighted by atomic mass is 10.1. The first-order valence-corrected chi connectivity index (χ1v) is 5.70. The Morgan fingerprint density at radius 3 is 2.45 bits per heavy atom. The summed E-state index contributed by atoms with van der Waals surface area (Å²) in [5, 5.41) is 31.1. The van der Waals surface area contributed by atoms with Crippen molar-refractivity contribution in [3.05, 3.63) is 39.4 Å². The van der Waals surface area contributed by atoms with Crippen molar-refractivity contribution in [3.63, 3.8) is 0 Å². The molecule has 0 saturated heterocycles. The molecule has 0 bridgehead atoms. The van der Waals surface area contributed by atoms with Crippen LogP contribution in [-0.2, 0) is 4.79 Å². The Balaban J connectivity index is 3.11. The highest BCUT2D eigenvalue weighted by Crippen LogP contribution is 2.20. The molecule has 0 aliphatic carbocycles. The number of benzene rings is 1. The van der Waals surface area contributed by atoms with Gasteiger partial charge in [0.25, 0.3) is 11.6 Å². The number of hydrogen-bond acceptors (Lipinski definition) is 5. The van der Waals surface area contributed by atoms with Gasteiger partial charge < -0.3 is 15.5 Å². The van der Waals surface area contributed by atoms with Gasteiger partial charge in [-0.25, -0.2) is 4.79 Å². The van der Waals surface area contributed by atoms with E-state index in [2.05, 4.69) is 5.32 Å². The largest absolute Gasteiger partial charge is 0.480 e. The molecular formula is C12H14N2O6. The molecule has 1 aromatic rings. The lowest BCUT2D eigenvalue weighted by Crippen LogP contribution is -2.47. The number of carbonyl (C=O) groups is 2. The average molecular weight is 282 g/mol. The van der Waals surface area contributed by atoms with Crippen molar-refractivity contribution in [1.82, 2.24) is 5.32 Å². The zero-order valence-corrected chi connectivity index (χ0v) is 10.9. The molecule has 0 radical (unpaired) electrons. The molecule has 8 nitrogen and oxygen atoms in total. The topological polar surface area (TPSA) is 130 Å². The minimum Gasteiger partial charge on any atom is -0.480 e. The van der Waals surface area contributed by atoms with E-state index in [-0.39, 0.29) is 5.56 Å². The van der Waals surface area contributed by atoms with Crippen LogP contribution < -0.4 is 5.32 Å². The van der Waals surface area contributed by atoms with E-state index >= 15 is 0 Å². The molecule has 0 aliphatic heterocycles. The molecule has 0 fully saturated rings. The molecule has 0 heterocycles. The molecule has 0 saturated carbocycles. The monoisotopic (exact) mass is 282 g/mol. The van der Waals surface area contributed by atoms with Crippen molar-refractivity contribution in [3.8, 4) is 0 Å². The van der Waals surface area contributed by atoms with Crippen molar-refractivity contribution >= 4 is 17.6 Å². The van der Waals surface area contributed by atoms with Gasteiger partial charge in [0.2, 0.25) is 0 Å². The van der Waals surface area contributed by atoms with E-state index in [1.165, 1.54) is 25.1 Å². The van der Waals surface area contributed by atoms with Gasteiger partial charge in [0.05, 0.1) is 11.0 Å². The van der Waals surface area contributed by atoms with Crippen LogP contribution in [0, 0.1) is 17.0 Å². The Bertz CT molecular complexity index is 555. The first-order chi connectivity index (χ1) is 9.23. The van der Waals surface area contributed by atoms with Gasteiger partial charge >= 0.3 is 5.97 Å². The van der Waals surface area contributed by atoms with Gasteiger partial charge in [0.15, 0.2) is 6.04 Å². The number of hydrogen-bond donors (Lipinski definition) is 3.